The second kappa shape index (κ2) is 12.5. The molecule has 0 spiro atoms. The van der Waals surface area contributed by atoms with Gasteiger partial charge in [0, 0.05) is 37.6 Å². The van der Waals surface area contributed by atoms with Gasteiger partial charge in [-0.05, 0) is 25.2 Å². The zero-order valence-corrected chi connectivity index (χ0v) is 21.6. The maximum absolute atomic E-state index is 14.8. The van der Waals surface area contributed by atoms with E-state index in [2.05, 4.69) is 25.1 Å². The van der Waals surface area contributed by atoms with Crippen LogP contribution >= 0.6 is 35.3 Å². The normalized spacial score (nSPS) is 11.2. The number of thiazole rings is 1. The highest BCUT2D eigenvalue weighted by molar-refractivity contribution is 7.92. The van der Waals surface area contributed by atoms with Gasteiger partial charge in [-0.3, -0.25) is 4.72 Å². The van der Waals surface area contributed by atoms with Crippen LogP contribution in [-0.4, -0.2) is 47.2 Å². The van der Waals surface area contributed by atoms with Crippen molar-refractivity contribution in [3.8, 4) is 5.75 Å². The van der Waals surface area contributed by atoms with Gasteiger partial charge in [0.15, 0.2) is 5.82 Å². The Balaban J connectivity index is 0.00000432. The molecule has 0 bridgehead atoms. The summed E-state index contributed by atoms with van der Waals surface area (Å²) in [7, 11) is -0.760. The Morgan fingerprint density at radius 1 is 1.23 bits per heavy atom. The Bertz CT molecular complexity index is 1230. The summed E-state index contributed by atoms with van der Waals surface area (Å²) in [6.07, 6.45) is 0. The molecular weight excluding hydrogens is 550 g/mol. The van der Waals surface area contributed by atoms with E-state index >= 15 is 0 Å². The van der Waals surface area contributed by atoms with E-state index in [-0.39, 0.29) is 34.7 Å². The van der Waals surface area contributed by atoms with Gasteiger partial charge in [-0.1, -0.05) is 11.6 Å². The molecule has 3 aromatic rings. The third-order valence-electron chi connectivity index (χ3n) is 4.55. The summed E-state index contributed by atoms with van der Waals surface area (Å²) in [5.41, 5.74) is 2.40. The first-order chi connectivity index (χ1) is 16.1. The van der Waals surface area contributed by atoms with Gasteiger partial charge in [-0.15, -0.1) is 23.7 Å². The van der Waals surface area contributed by atoms with Crippen molar-refractivity contribution in [3.05, 3.63) is 52.1 Å². The number of aromatic nitrogens is 1. The van der Waals surface area contributed by atoms with Gasteiger partial charge in [0.05, 0.1) is 27.6 Å². The van der Waals surface area contributed by atoms with Crippen LogP contribution in [0, 0.1) is 5.82 Å². The van der Waals surface area contributed by atoms with Crippen molar-refractivity contribution in [2.24, 2.45) is 0 Å². The zero-order valence-electron chi connectivity index (χ0n) is 18.4. The van der Waals surface area contributed by atoms with E-state index in [9.17, 15) is 21.6 Å². The average molecular weight is 572 g/mol. The first-order valence-electron chi connectivity index (χ1n) is 9.72. The Morgan fingerprint density at radius 3 is 2.60 bits per heavy atom. The minimum Gasteiger partial charge on any atom is -0.435 e. The van der Waals surface area contributed by atoms with Crippen LogP contribution in [0.2, 0.25) is 5.02 Å². The maximum Gasteiger partial charge on any atom is 0.387 e. The fourth-order valence-electron chi connectivity index (χ4n) is 2.94. The molecule has 0 unspecified atom stereocenters. The van der Waals surface area contributed by atoms with Crippen LogP contribution in [0.5, 0.6) is 5.75 Å². The smallest absolute Gasteiger partial charge is 0.387 e. The molecule has 1 heterocycles. The molecule has 0 aliphatic carbocycles. The van der Waals surface area contributed by atoms with E-state index in [1.54, 1.807) is 19.0 Å². The molecule has 3 rings (SSSR count). The zero-order chi connectivity index (χ0) is 24.9. The molecular formula is C20H22Cl2F3N5O3S2. The lowest BCUT2D eigenvalue weighted by atomic mass is 10.2. The fraction of sp³-hybridized carbons (Fsp3) is 0.250. The summed E-state index contributed by atoms with van der Waals surface area (Å²) in [6.45, 7) is -1.88. The van der Waals surface area contributed by atoms with Crippen LogP contribution in [0.15, 0.2) is 46.1 Å². The van der Waals surface area contributed by atoms with E-state index < -0.39 is 27.3 Å². The van der Waals surface area contributed by atoms with Gasteiger partial charge in [0.2, 0.25) is 0 Å². The van der Waals surface area contributed by atoms with E-state index in [4.69, 9.17) is 11.6 Å². The summed E-state index contributed by atoms with van der Waals surface area (Å²) in [4.78, 5) is 4.94. The minimum atomic E-state index is -4.27. The van der Waals surface area contributed by atoms with Crippen LogP contribution in [0.4, 0.5) is 36.1 Å². The molecule has 0 atom stereocenters. The molecule has 3 N–H and O–H groups in total. The second-order valence-electron chi connectivity index (χ2n) is 6.95. The average Bonchev–Trinajstić information content (AvgIpc) is 3.27. The third-order valence-corrected chi connectivity index (χ3v) is 6.82. The first-order valence-corrected chi connectivity index (χ1v) is 12.5. The Labute approximate surface area is 215 Å². The maximum atomic E-state index is 14.8. The summed E-state index contributed by atoms with van der Waals surface area (Å²) < 4.78 is 72.0. The highest BCUT2D eigenvalue weighted by Crippen LogP contribution is 2.36. The quantitative estimate of drug-likeness (QED) is 0.292. The highest BCUT2D eigenvalue weighted by atomic mass is 35.5. The van der Waals surface area contributed by atoms with Crippen molar-refractivity contribution in [2.75, 3.05) is 42.1 Å². The minimum absolute atomic E-state index is 0. The number of anilines is 4. The number of ether oxygens (including phenoxy) is 1. The van der Waals surface area contributed by atoms with Gasteiger partial charge >= 0.3 is 6.61 Å². The number of hydrogen-bond acceptors (Lipinski definition) is 8. The molecule has 15 heteroatoms. The lowest BCUT2D eigenvalue weighted by molar-refractivity contribution is -0.0498. The topological polar surface area (TPSA) is 95.6 Å². The van der Waals surface area contributed by atoms with Crippen molar-refractivity contribution in [1.29, 1.82) is 0 Å². The largest absolute Gasteiger partial charge is 0.435 e. The van der Waals surface area contributed by atoms with Crippen LogP contribution in [0.3, 0.4) is 0 Å². The number of halogens is 5. The third kappa shape index (κ3) is 7.51. The molecule has 0 aliphatic rings. The SMILES string of the molecule is CNCCN(C)c1cc(OC(F)F)ccc1Nc1cc(F)c(S(=O)(=O)Nc2cscn2)cc1Cl.Cl. The van der Waals surface area contributed by atoms with Crippen molar-refractivity contribution in [2.45, 2.75) is 11.5 Å². The summed E-state index contributed by atoms with van der Waals surface area (Å²) in [6, 6.07) is 6.13. The lowest BCUT2D eigenvalue weighted by Crippen LogP contribution is -2.27. The van der Waals surface area contributed by atoms with Gasteiger partial charge in [0.1, 0.15) is 16.5 Å². The number of hydrogen-bond donors (Lipinski definition) is 3. The van der Waals surface area contributed by atoms with E-state index in [0.29, 0.717) is 24.5 Å². The summed E-state index contributed by atoms with van der Waals surface area (Å²) >= 11 is 7.45. The number of sulfonamides is 1. The molecule has 192 valence electrons. The molecule has 0 saturated heterocycles. The van der Waals surface area contributed by atoms with Crippen molar-refractivity contribution in [3.63, 3.8) is 0 Å². The molecule has 0 aliphatic heterocycles. The predicted molar refractivity (Wildman–Crippen MR) is 135 cm³/mol. The number of benzene rings is 2. The van der Waals surface area contributed by atoms with E-state index in [1.165, 1.54) is 40.4 Å². The number of alkyl halides is 2. The molecule has 0 saturated carbocycles. The first kappa shape index (κ1) is 28.8. The van der Waals surface area contributed by atoms with Crippen molar-refractivity contribution in [1.82, 2.24) is 10.3 Å². The fourth-order valence-corrected chi connectivity index (χ4v) is 4.86. The predicted octanol–water partition coefficient (Wildman–Crippen LogP) is 5.16. The van der Waals surface area contributed by atoms with Crippen LogP contribution < -0.4 is 25.0 Å². The molecule has 0 amide bonds. The van der Waals surface area contributed by atoms with Gasteiger partial charge in [-0.25, -0.2) is 17.8 Å². The Hall–Kier alpha value is -2.45. The second-order valence-corrected chi connectivity index (χ2v) is 9.73. The number of nitrogens with one attached hydrogen (secondary N) is 3. The molecule has 0 fully saturated rings. The van der Waals surface area contributed by atoms with Crippen LogP contribution in [-0.2, 0) is 10.0 Å². The number of nitrogens with zero attached hydrogens (tertiary/aromatic N) is 2. The molecule has 2 aromatic carbocycles. The number of rotatable bonds is 11. The van der Waals surface area contributed by atoms with Crippen molar-refractivity contribution >= 4 is 68.2 Å². The highest BCUT2D eigenvalue weighted by Gasteiger charge is 2.23. The number of likely N-dealkylation sites (N-methyl/N-ethyl adjacent to an activating group) is 2. The Kier molecular flexibility index (Phi) is 10.3. The monoisotopic (exact) mass is 571 g/mol. The van der Waals surface area contributed by atoms with Crippen LogP contribution in [0.1, 0.15) is 0 Å². The molecule has 0 radical (unpaired) electrons. The van der Waals surface area contributed by atoms with E-state index in [1.807, 2.05) is 0 Å². The van der Waals surface area contributed by atoms with Crippen LogP contribution in [0.25, 0.3) is 0 Å². The summed E-state index contributed by atoms with van der Waals surface area (Å²) in [5, 5.41) is 7.31. The van der Waals surface area contributed by atoms with Gasteiger partial charge < -0.3 is 20.3 Å². The molecule has 35 heavy (non-hydrogen) atoms. The molecule has 1 aromatic heterocycles. The Morgan fingerprint density at radius 2 is 1.97 bits per heavy atom. The van der Waals surface area contributed by atoms with Gasteiger partial charge in [0.25, 0.3) is 10.0 Å². The molecule has 8 nitrogen and oxygen atoms in total. The van der Waals surface area contributed by atoms with E-state index in [0.717, 1.165) is 12.1 Å². The van der Waals surface area contributed by atoms with Gasteiger partial charge in [-0.2, -0.15) is 8.78 Å². The lowest BCUT2D eigenvalue weighted by Gasteiger charge is -2.24. The summed E-state index contributed by atoms with van der Waals surface area (Å²) in [5.74, 6) is -1.04. The standard InChI is InChI=1S/C20H21ClF3N5O3S2.ClH/c1-25-5-6-29(2)17-7-12(32-20(23)24)3-4-15(17)27-16-9-14(22)18(8-13(16)21)34(30,31)28-19-10-33-11-26-19;/h3-4,7-11,20,25,27-28H,5-6H2,1-2H3;1H. The van der Waals surface area contributed by atoms with Crippen molar-refractivity contribution < 1.29 is 26.3 Å².